The Bertz CT molecular complexity index is 569. The van der Waals surface area contributed by atoms with Gasteiger partial charge in [0, 0.05) is 30.9 Å². The molecule has 18 heavy (non-hydrogen) atoms. The maximum atomic E-state index is 12.4. The van der Waals surface area contributed by atoms with Crippen molar-refractivity contribution < 1.29 is 4.79 Å². The Morgan fingerprint density at radius 3 is 3.00 bits per heavy atom. The summed E-state index contributed by atoms with van der Waals surface area (Å²) < 4.78 is 0. The van der Waals surface area contributed by atoms with Gasteiger partial charge in [0.25, 0.3) is 5.91 Å². The lowest BCUT2D eigenvalue weighted by Gasteiger charge is -2.30. The molecule has 2 aromatic heterocycles. The van der Waals surface area contributed by atoms with Crippen LogP contribution in [0, 0.1) is 5.92 Å². The molecule has 1 fully saturated rings. The summed E-state index contributed by atoms with van der Waals surface area (Å²) in [5.41, 5.74) is 1.40. The van der Waals surface area contributed by atoms with Crippen LogP contribution >= 0.6 is 0 Å². The highest BCUT2D eigenvalue weighted by molar-refractivity contribution is 6.05. The molecule has 0 aliphatic carbocycles. The number of fused-ring (bicyclic) bond motifs is 1. The first-order valence-electron chi connectivity index (χ1n) is 6.32. The predicted octanol–water partition coefficient (Wildman–Crippen LogP) is 1.83. The van der Waals surface area contributed by atoms with Crippen LogP contribution in [0.3, 0.4) is 0 Å². The zero-order valence-electron chi connectivity index (χ0n) is 10.4. The van der Waals surface area contributed by atoms with E-state index in [0.29, 0.717) is 5.56 Å². The number of amides is 1. The van der Waals surface area contributed by atoms with E-state index in [1.165, 1.54) is 6.33 Å². The lowest BCUT2D eigenvalue weighted by molar-refractivity contribution is 0.0699. The monoisotopic (exact) mass is 244 g/mol. The molecule has 2 aromatic rings. The Labute approximate surface area is 105 Å². The molecular formula is C13H16N4O. The minimum absolute atomic E-state index is 0.0861. The van der Waals surface area contributed by atoms with Gasteiger partial charge in [-0.05, 0) is 18.8 Å². The fourth-order valence-corrected chi connectivity index (χ4v) is 2.42. The summed E-state index contributed by atoms with van der Waals surface area (Å²) in [6.07, 6.45) is 7.09. The molecule has 0 atom stereocenters. The van der Waals surface area contributed by atoms with Crippen molar-refractivity contribution in [3.8, 4) is 0 Å². The van der Waals surface area contributed by atoms with Crippen molar-refractivity contribution in [2.75, 3.05) is 13.1 Å². The van der Waals surface area contributed by atoms with Gasteiger partial charge in [-0.15, -0.1) is 0 Å². The van der Waals surface area contributed by atoms with E-state index in [0.717, 1.165) is 42.9 Å². The Kier molecular flexibility index (Phi) is 2.74. The third kappa shape index (κ3) is 1.85. The van der Waals surface area contributed by atoms with Crippen LogP contribution in [0.2, 0.25) is 0 Å². The molecule has 1 aliphatic rings. The molecule has 0 unspecified atom stereocenters. The number of nitrogens with one attached hydrogen (secondary N) is 1. The van der Waals surface area contributed by atoms with Crippen LogP contribution in [0.4, 0.5) is 0 Å². The second-order valence-corrected chi connectivity index (χ2v) is 4.96. The number of H-pyrrole nitrogens is 1. The molecule has 5 heteroatoms. The van der Waals surface area contributed by atoms with Gasteiger partial charge in [0.1, 0.15) is 12.0 Å². The topological polar surface area (TPSA) is 61.9 Å². The fourth-order valence-electron chi connectivity index (χ4n) is 2.42. The van der Waals surface area contributed by atoms with Crippen molar-refractivity contribution in [3.05, 3.63) is 24.3 Å². The largest absolute Gasteiger partial charge is 0.345 e. The van der Waals surface area contributed by atoms with E-state index in [9.17, 15) is 4.79 Å². The number of nitrogens with zero attached hydrogens (tertiary/aromatic N) is 3. The molecule has 1 aliphatic heterocycles. The van der Waals surface area contributed by atoms with Crippen LogP contribution in [0.15, 0.2) is 18.7 Å². The smallest absolute Gasteiger partial charge is 0.256 e. The van der Waals surface area contributed by atoms with Gasteiger partial charge in [0.05, 0.1) is 5.56 Å². The van der Waals surface area contributed by atoms with E-state index in [1.807, 2.05) is 4.90 Å². The first-order valence-corrected chi connectivity index (χ1v) is 6.32. The Morgan fingerprint density at radius 1 is 1.44 bits per heavy atom. The van der Waals surface area contributed by atoms with Crippen molar-refractivity contribution in [2.45, 2.75) is 19.8 Å². The van der Waals surface area contributed by atoms with Gasteiger partial charge in [0.15, 0.2) is 0 Å². The molecule has 0 saturated carbocycles. The summed E-state index contributed by atoms with van der Waals surface area (Å²) in [4.78, 5) is 25.5. The molecule has 0 radical (unpaired) electrons. The van der Waals surface area contributed by atoms with Gasteiger partial charge in [0.2, 0.25) is 0 Å². The first kappa shape index (κ1) is 11.2. The number of aromatic amines is 1. The third-order valence-electron chi connectivity index (χ3n) is 3.66. The van der Waals surface area contributed by atoms with Crippen LogP contribution in [-0.2, 0) is 0 Å². The van der Waals surface area contributed by atoms with Crippen LogP contribution in [0.5, 0.6) is 0 Å². The van der Waals surface area contributed by atoms with Gasteiger partial charge in [-0.25, -0.2) is 9.97 Å². The van der Waals surface area contributed by atoms with E-state index >= 15 is 0 Å². The van der Waals surface area contributed by atoms with Crippen LogP contribution < -0.4 is 0 Å². The number of hydrogen-bond acceptors (Lipinski definition) is 3. The number of carbonyl (C=O) groups excluding carboxylic acids is 1. The van der Waals surface area contributed by atoms with Gasteiger partial charge < -0.3 is 9.88 Å². The highest BCUT2D eigenvalue weighted by Gasteiger charge is 2.23. The average molecular weight is 244 g/mol. The van der Waals surface area contributed by atoms with Gasteiger partial charge in [-0.2, -0.15) is 0 Å². The molecule has 3 rings (SSSR count). The van der Waals surface area contributed by atoms with Crippen LogP contribution in [0.25, 0.3) is 11.0 Å². The molecule has 3 heterocycles. The molecule has 0 bridgehead atoms. The Morgan fingerprint density at radius 2 is 2.22 bits per heavy atom. The van der Waals surface area contributed by atoms with Crippen molar-refractivity contribution in [1.29, 1.82) is 0 Å². The molecular weight excluding hydrogens is 228 g/mol. The number of piperidine rings is 1. The van der Waals surface area contributed by atoms with Crippen molar-refractivity contribution in [3.63, 3.8) is 0 Å². The molecule has 94 valence electrons. The zero-order chi connectivity index (χ0) is 12.5. The van der Waals surface area contributed by atoms with Gasteiger partial charge >= 0.3 is 0 Å². The maximum absolute atomic E-state index is 12.4. The highest BCUT2D eigenvalue weighted by atomic mass is 16.2. The summed E-state index contributed by atoms with van der Waals surface area (Å²) >= 11 is 0. The minimum atomic E-state index is 0.0861. The second-order valence-electron chi connectivity index (χ2n) is 4.96. The molecule has 1 amide bonds. The number of hydrogen-bond donors (Lipinski definition) is 1. The second kappa shape index (κ2) is 4.40. The molecule has 0 spiro atoms. The summed E-state index contributed by atoms with van der Waals surface area (Å²) in [6, 6.07) is 0. The first-order chi connectivity index (χ1) is 8.75. The molecule has 1 saturated heterocycles. The lowest BCUT2D eigenvalue weighted by atomic mass is 9.99. The summed E-state index contributed by atoms with van der Waals surface area (Å²) in [6.45, 7) is 3.93. The number of aromatic nitrogens is 3. The normalized spacial score (nSPS) is 17.3. The average Bonchev–Trinajstić information content (AvgIpc) is 2.82. The van der Waals surface area contributed by atoms with E-state index in [4.69, 9.17) is 0 Å². The van der Waals surface area contributed by atoms with E-state index in [-0.39, 0.29) is 5.91 Å². The SMILES string of the molecule is CC1CCN(C(=O)c2c[nH]c3ncncc23)CC1. The minimum Gasteiger partial charge on any atom is -0.345 e. The molecule has 5 nitrogen and oxygen atoms in total. The summed E-state index contributed by atoms with van der Waals surface area (Å²) in [7, 11) is 0. The summed E-state index contributed by atoms with van der Waals surface area (Å²) in [5.74, 6) is 0.809. The predicted molar refractivity (Wildman–Crippen MR) is 68.2 cm³/mol. The van der Waals surface area contributed by atoms with Gasteiger partial charge in [-0.3, -0.25) is 4.79 Å². The number of rotatable bonds is 1. The summed E-state index contributed by atoms with van der Waals surface area (Å²) in [5, 5.41) is 0.807. The van der Waals surface area contributed by atoms with Gasteiger partial charge in [-0.1, -0.05) is 6.92 Å². The quantitative estimate of drug-likeness (QED) is 0.832. The maximum Gasteiger partial charge on any atom is 0.256 e. The van der Waals surface area contributed by atoms with Crippen molar-refractivity contribution in [1.82, 2.24) is 19.9 Å². The standard InChI is InChI=1S/C13H16N4O/c1-9-2-4-17(5-3-9)13(18)11-7-15-12-10(11)6-14-8-16-12/h6-9H,2-5H2,1H3,(H,14,15,16). The number of carbonyl (C=O) groups is 1. The zero-order valence-corrected chi connectivity index (χ0v) is 10.4. The number of likely N-dealkylation sites (tertiary alicyclic amines) is 1. The van der Waals surface area contributed by atoms with Crippen molar-refractivity contribution >= 4 is 16.9 Å². The lowest BCUT2D eigenvalue weighted by Crippen LogP contribution is -2.37. The molecule has 1 N–H and O–H groups in total. The van der Waals surface area contributed by atoms with E-state index in [1.54, 1.807) is 12.4 Å². The molecule has 0 aromatic carbocycles. The highest BCUT2D eigenvalue weighted by Crippen LogP contribution is 2.21. The fraction of sp³-hybridized carbons (Fsp3) is 0.462. The van der Waals surface area contributed by atoms with Crippen LogP contribution in [0.1, 0.15) is 30.1 Å². The van der Waals surface area contributed by atoms with E-state index < -0.39 is 0 Å². The Balaban J connectivity index is 1.88. The Hall–Kier alpha value is -1.91. The van der Waals surface area contributed by atoms with Crippen LogP contribution in [-0.4, -0.2) is 38.8 Å². The third-order valence-corrected chi connectivity index (χ3v) is 3.66. The van der Waals surface area contributed by atoms with Crippen molar-refractivity contribution in [2.24, 2.45) is 5.92 Å². The van der Waals surface area contributed by atoms with E-state index in [2.05, 4.69) is 21.9 Å².